The lowest BCUT2D eigenvalue weighted by atomic mass is 9.82. The molecule has 48 heavy (non-hydrogen) atoms. The first-order valence-electron chi connectivity index (χ1n) is 16.2. The number of nitrogens with zero attached hydrogens (tertiary/aromatic N) is 2. The van der Waals surface area contributed by atoms with Crippen molar-refractivity contribution in [3.63, 3.8) is 0 Å². The highest BCUT2D eigenvalue weighted by atomic mass is 32.2. The SMILES string of the molecule is Cc1c(C)c(S(=O)(=O)Nc2ccccc2C(Nc2ccccn2)C(c2ccccn2)C(O)c2ccccc2)c(C)c2c1OC(C)(C)CC2. The molecule has 0 spiro atoms. The van der Waals surface area contributed by atoms with Gasteiger partial charge in [0, 0.05) is 18.1 Å². The number of pyridine rings is 2. The molecule has 0 aliphatic carbocycles. The summed E-state index contributed by atoms with van der Waals surface area (Å²) in [4.78, 5) is 9.46. The Morgan fingerprint density at radius 2 is 1.48 bits per heavy atom. The predicted octanol–water partition coefficient (Wildman–Crippen LogP) is 7.98. The third-order valence-corrected chi connectivity index (χ3v) is 11.0. The smallest absolute Gasteiger partial charge is 0.262 e. The lowest BCUT2D eigenvalue weighted by Gasteiger charge is -2.36. The molecule has 9 heteroatoms. The first-order valence-corrected chi connectivity index (χ1v) is 17.7. The van der Waals surface area contributed by atoms with Crippen molar-refractivity contribution in [2.45, 2.75) is 76.0 Å². The van der Waals surface area contributed by atoms with Crippen LogP contribution >= 0.6 is 0 Å². The standard InChI is InChI=1S/C39H42N4O4S/c1-25-26(2)38(27(3)29-21-22-39(4,5)47-37(25)29)48(45,46)43-31-18-10-9-17-30(31)35(42-33-20-12-14-24-41-33)34(32-19-11-13-23-40-32)36(44)28-15-7-6-8-16-28/h6-20,23-24,34-36,43-44H,21-22H2,1-5H3,(H,41,42). The van der Waals surface area contributed by atoms with Gasteiger partial charge in [-0.2, -0.15) is 0 Å². The number of sulfonamides is 1. The van der Waals surface area contributed by atoms with Gasteiger partial charge in [-0.05, 0) is 111 Å². The highest BCUT2D eigenvalue weighted by Gasteiger charge is 2.37. The van der Waals surface area contributed by atoms with E-state index in [4.69, 9.17) is 4.74 Å². The Bertz CT molecular complexity index is 2000. The molecule has 3 unspecified atom stereocenters. The van der Waals surface area contributed by atoms with Gasteiger partial charge in [-0.15, -0.1) is 0 Å². The second-order valence-electron chi connectivity index (χ2n) is 13.0. The van der Waals surface area contributed by atoms with Crippen molar-refractivity contribution in [3.8, 4) is 5.75 Å². The summed E-state index contributed by atoms with van der Waals surface area (Å²) in [7, 11) is -4.08. The van der Waals surface area contributed by atoms with Gasteiger partial charge < -0.3 is 15.2 Å². The number of benzene rings is 3. The Labute approximate surface area is 283 Å². The number of para-hydroxylation sites is 1. The molecule has 0 fully saturated rings. The zero-order chi connectivity index (χ0) is 34.1. The molecule has 3 atom stereocenters. The Kier molecular flexibility index (Phi) is 9.27. The molecule has 8 nitrogen and oxygen atoms in total. The minimum atomic E-state index is -4.08. The number of rotatable bonds is 10. The van der Waals surface area contributed by atoms with Crippen LogP contribution in [0.1, 0.15) is 77.4 Å². The molecular weight excluding hydrogens is 621 g/mol. The van der Waals surface area contributed by atoms with Gasteiger partial charge in [-0.3, -0.25) is 9.71 Å². The zero-order valence-corrected chi connectivity index (χ0v) is 28.8. The molecule has 5 aromatic rings. The average Bonchev–Trinajstić information content (AvgIpc) is 3.08. The first-order chi connectivity index (χ1) is 23.0. The molecule has 3 N–H and O–H groups in total. The first kappa shape index (κ1) is 33.2. The van der Waals surface area contributed by atoms with Gasteiger partial charge in [0.1, 0.15) is 17.2 Å². The molecule has 0 saturated heterocycles. The zero-order valence-electron chi connectivity index (χ0n) is 27.9. The number of hydrogen-bond donors (Lipinski definition) is 3. The summed E-state index contributed by atoms with van der Waals surface area (Å²) in [5.74, 6) is 0.714. The predicted molar refractivity (Wildman–Crippen MR) is 190 cm³/mol. The molecule has 0 bridgehead atoms. The summed E-state index contributed by atoms with van der Waals surface area (Å²) in [5, 5.41) is 15.6. The summed E-state index contributed by atoms with van der Waals surface area (Å²) in [6.45, 7) is 9.76. The van der Waals surface area contributed by atoms with Crippen LogP contribution in [0.15, 0.2) is 108 Å². The largest absolute Gasteiger partial charge is 0.487 e. The van der Waals surface area contributed by atoms with Crippen molar-refractivity contribution in [3.05, 3.63) is 142 Å². The van der Waals surface area contributed by atoms with Gasteiger partial charge >= 0.3 is 0 Å². The topological polar surface area (TPSA) is 113 Å². The van der Waals surface area contributed by atoms with Crippen molar-refractivity contribution in [2.24, 2.45) is 0 Å². The Hall–Kier alpha value is -4.73. The van der Waals surface area contributed by atoms with E-state index in [1.165, 1.54) is 0 Å². The quantitative estimate of drug-likeness (QED) is 0.139. The second kappa shape index (κ2) is 13.4. The molecule has 1 aliphatic heterocycles. The van der Waals surface area contributed by atoms with E-state index in [1.54, 1.807) is 24.5 Å². The van der Waals surface area contributed by atoms with Crippen molar-refractivity contribution in [1.29, 1.82) is 0 Å². The molecular formula is C39H42N4O4S. The molecule has 248 valence electrons. The van der Waals surface area contributed by atoms with Crippen LogP contribution in [-0.2, 0) is 16.4 Å². The van der Waals surface area contributed by atoms with Gasteiger partial charge in [0.05, 0.1) is 28.6 Å². The van der Waals surface area contributed by atoms with E-state index in [9.17, 15) is 13.5 Å². The van der Waals surface area contributed by atoms with E-state index in [0.29, 0.717) is 39.5 Å². The van der Waals surface area contributed by atoms with Crippen LogP contribution in [-0.4, -0.2) is 29.1 Å². The fourth-order valence-corrected chi connectivity index (χ4v) is 8.38. The maximum absolute atomic E-state index is 14.5. The molecule has 6 rings (SSSR count). The summed E-state index contributed by atoms with van der Waals surface area (Å²) in [5.41, 5.74) is 5.16. The number of aliphatic hydroxyl groups excluding tert-OH is 1. The molecule has 1 aliphatic rings. The Morgan fingerprint density at radius 1 is 0.812 bits per heavy atom. The number of anilines is 2. The Morgan fingerprint density at radius 3 is 2.17 bits per heavy atom. The maximum Gasteiger partial charge on any atom is 0.262 e. The number of aliphatic hydroxyl groups is 1. The lowest BCUT2D eigenvalue weighted by Crippen LogP contribution is -2.34. The Balaban J connectivity index is 1.48. The fourth-order valence-electron chi connectivity index (χ4n) is 6.72. The molecule has 3 aromatic carbocycles. The van der Waals surface area contributed by atoms with Crippen LogP contribution in [0.5, 0.6) is 5.75 Å². The van der Waals surface area contributed by atoms with E-state index in [-0.39, 0.29) is 10.5 Å². The highest BCUT2D eigenvalue weighted by molar-refractivity contribution is 7.92. The minimum absolute atomic E-state index is 0.261. The van der Waals surface area contributed by atoms with E-state index in [1.807, 2.05) is 99.6 Å². The highest BCUT2D eigenvalue weighted by Crippen LogP contribution is 2.45. The van der Waals surface area contributed by atoms with Gasteiger partial charge in [-0.25, -0.2) is 13.4 Å². The molecule has 0 radical (unpaired) electrons. The minimum Gasteiger partial charge on any atom is -0.487 e. The summed E-state index contributed by atoms with van der Waals surface area (Å²) >= 11 is 0. The van der Waals surface area contributed by atoms with E-state index in [2.05, 4.69) is 33.9 Å². The fraction of sp³-hybridized carbons (Fsp3) is 0.282. The van der Waals surface area contributed by atoms with Crippen molar-refractivity contribution in [1.82, 2.24) is 9.97 Å². The van der Waals surface area contributed by atoms with Crippen LogP contribution in [0.4, 0.5) is 11.5 Å². The molecule has 0 amide bonds. The number of nitrogens with one attached hydrogen (secondary N) is 2. The molecule has 3 heterocycles. The van der Waals surface area contributed by atoms with Gasteiger partial charge in [0.2, 0.25) is 0 Å². The van der Waals surface area contributed by atoms with Gasteiger partial charge in [0.25, 0.3) is 10.0 Å². The third-order valence-electron chi connectivity index (χ3n) is 9.31. The average molecular weight is 663 g/mol. The maximum atomic E-state index is 14.5. The monoisotopic (exact) mass is 662 g/mol. The normalized spacial score (nSPS) is 15.8. The van der Waals surface area contributed by atoms with Crippen molar-refractivity contribution < 1.29 is 18.3 Å². The number of hydrogen-bond acceptors (Lipinski definition) is 7. The summed E-state index contributed by atoms with van der Waals surface area (Å²) < 4.78 is 38.3. The summed E-state index contributed by atoms with van der Waals surface area (Å²) in [6.07, 6.45) is 3.91. The van der Waals surface area contributed by atoms with E-state index < -0.39 is 28.1 Å². The lowest BCUT2D eigenvalue weighted by molar-refractivity contribution is 0.0832. The van der Waals surface area contributed by atoms with E-state index in [0.717, 1.165) is 29.7 Å². The molecule has 0 saturated carbocycles. The summed E-state index contributed by atoms with van der Waals surface area (Å²) in [6, 6.07) is 27.2. The number of aromatic nitrogens is 2. The van der Waals surface area contributed by atoms with Crippen molar-refractivity contribution in [2.75, 3.05) is 10.0 Å². The van der Waals surface area contributed by atoms with Gasteiger partial charge in [0.15, 0.2) is 0 Å². The van der Waals surface area contributed by atoms with E-state index >= 15 is 0 Å². The van der Waals surface area contributed by atoms with Crippen LogP contribution in [0.3, 0.4) is 0 Å². The van der Waals surface area contributed by atoms with Gasteiger partial charge in [-0.1, -0.05) is 60.7 Å². The number of fused-ring (bicyclic) bond motifs is 1. The van der Waals surface area contributed by atoms with Crippen molar-refractivity contribution >= 4 is 21.5 Å². The second-order valence-corrected chi connectivity index (χ2v) is 14.7. The molecule has 2 aromatic heterocycles. The van der Waals surface area contributed by atoms with Crippen LogP contribution < -0.4 is 14.8 Å². The van der Waals surface area contributed by atoms with Crippen LogP contribution in [0.25, 0.3) is 0 Å². The third kappa shape index (κ3) is 6.66. The van der Waals surface area contributed by atoms with Crippen LogP contribution in [0, 0.1) is 20.8 Å². The van der Waals surface area contributed by atoms with Crippen LogP contribution in [0.2, 0.25) is 0 Å². The number of ether oxygens (including phenoxy) is 1.